The van der Waals surface area contributed by atoms with Gasteiger partial charge in [-0.05, 0) is 25.7 Å². The Kier molecular flexibility index (Phi) is 2.14. The molecule has 0 aliphatic carbocycles. The maximum atomic E-state index is 5.85. The molecule has 0 radical (unpaired) electrons. The largest absolute Gasteiger partial charge is 0.373 e. The van der Waals surface area contributed by atoms with Crippen molar-refractivity contribution in [1.29, 1.82) is 0 Å². The molecule has 1 aromatic heterocycles. The Hall–Kier alpha value is -0.680. The molecule has 2 saturated heterocycles. The van der Waals surface area contributed by atoms with Crippen LogP contribution in [0.5, 0.6) is 0 Å². The van der Waals surface area contributed by atoms with Crippen molar-refractivity contribution in [3.05, 3.63) is 6.33 Å². The molecule has 2 bridgehead atoms. The van der Waals surface area contributed by atoms with Gasteiger partial charge in [-0.25, -0.2) is 4.98 Å². The van der Waals surface area contributed by atoms with Crippen molar-refractivity contribution in [3.8, 4) is 0 Å². The summed E-state index contributed by atoms with van der Waals surface area (Å²) in [6, 6.07) is 0.446. The van der Waals surface area contributed by atoms with Gasteiger partial charge in [0.25, 0.3) is 0 Å². The van der Waals surface area contributed by atoms with E-state index in [-0.39, 0.29) is 0 Å². The van der Waals surface area contributed by atoms with E-state index in [9.17, 15) is 0 Å². The standard InChI is InChI=1S/C9H13N3OS/c1-3-7(8-4-2-6(1)13-8)12-9-10-5-11-14-9/h5-8H,1-4H2,(H,10,11,12). The lowest BCUT2D eigenvalue weighted by Gasteiger charge is -2.29. The molecule has 0 amide bonds. The quantitative estimate of drug-likeness (QED) is 0.808. The average Bonchev–Trinajstić information content (AvgIpc) is 2.80. The van der Waals surface area contributed by atoms with Crippen LogP contribution in [-0.2, 0) is 4.74 Å². The number of ether oxygens (including phenoxy) is 1. The number of hydrogen-bond donors (Lipinski definition) is 1. The smallest absolute Gasteiger partial charge is 0.202 e. The average molecular weight is 211 g/mol. The molecule has 3 rings (SSSR count). The Labute approximate surface area is 86.9 Å². The minimum Gasteiger partial charge on any atom is -0.373 e. The second kappa shape index (κ2) is 3.47. The van der Waals surface area contributed by atoms with E-state index in [1.165, 1.54) is 37.2 Å². The molecule has 76 valence electrons. The van der Waals surface area contributed by atoms with Gasteiger partial charge in [-0.3, -0.25) is 0 Å². The summed E-state index contributed by atoms with van der Waals surface area (Å²) in [6.07, 6.45) is 7.35. The van der Waals surface area contributed by atoms with E-state index in [1.54, 1.807) is 6.33 Å². The highest BCUT2D eigenvalue weighted by molar-refractivity contribution is 7.09. The molecule has 2 aliphatic heterocycles. The number of hydrogen-bond acceptors (Lipinski definition) is 5. The number of aromatic nitrogens is 2. The molecule has 3 heterocycles. The van der Waals surface area contributed by atoms with Crippen LogP contribution in [0, 0.1) is 0 Å². The first-order valence-corrected chi connectivity index (χ1v) is 5.88. The summed E-state index contributed by atoms with van der Waals surface area (Å²) in [5, 5.41) is 4.33. The zero-order chi connectivity index (χ0) is 9.38. The summed E-state index contributed by atoms with van der Waals surface area (Å²) in [4.78, 5) is 4.13. The maximum absolute atomic E-state index is 5.85. The minimum atomic E-state index is 0.401. The van der Waals surface area contributed by atoms with Crippen LogP contribution < -0.4 is 5.32 Å². The normalized spacial score (nSPS) is 35.9. The predicted molar refractivity (Wildman–Crippen MR) is 54.4 cm³/mol. The predicted octanol–water partition coefficient (Wildman–Crippen LogP) is 1.66. The lowest BCUT2D eigenvalue weighted by atomic mass is 10.0. The van der Waals surface area contributed by atoms with Gasteiger partial charge in [-0.2, -0.15) is 4.37 Å². The third-order valence-electron chi connectivity index (χ3n) is 3.06. The van der Waals surface area contributed by atoms with Gasteiger partial charge < -0.3 is 10.1 Å². The summed E-state index contributed by atoms with van der Waals surface area (Å²) in [5.74, 6) is 0. The molecular weight excluding hydrogens is 198 g/mol. The third-order valence-corrected chi connectivity index (χ3v) is 3.65. The topological polar surface area (TPSA) is 47.0 Å². The second-order valence-electron chi connectivity index (χ2n) is 3.95. The Morgan fingerprint density at radius 3 is 3.14 bits per heavy atom. The summed E-state index contributed by atoms with van der Waals surface area (Å²) >= 11 is 1.41. The summed E-state index contributed by atoms with van der Waals surface area (Å²) in [7, 11) is 0. The van der Waals surface area contributed by atoms with Gasteiger partial charge in [-0.15, -0.1) is 0 Å². The number of nitrogens with one attached hydrogen (secondary N) is 1. The lowest BCUT2D eigenvalue weighted by molar-refractivity contribution is -0.00219. The highest BCUT2D eigenvalue weighted by Gasteiger charge is 2.36. The van der Waals surface area contributed by atoms with E-state index in [1.807, 2.05) is 0 Å². The fourth-order valence-corrected chi connectivity index (χ4v) is 2.85. The van der Waals surface area contributed by atoms with Crippen molar-refractivity contribution in [1.82, 2.24) is 9.36 Å². The molecule has 4 nitrogen and oxygen atoms in total. The molecule has 3 atom stereocenters. The Morgan fingerprint density at radius 2 is 2.29 bits per heavy atom. The van der Waals surface area contributed by atoms with E-state index in [2.05, 4.69) is 14.7 Å². The Bertz CT molecular complexity index is 303. The molecule has 14 heavy (non-hydrogen) atoms. The molecule has 2 fully saturated rings. The van der Waals surface area contributed by atoms with Crippen LogP contribution in [0.15, 0.2) is 6.33 Å². The number of fused-ring (bicyclic) bond motifs is 2. The van der Waals surface area contributed by atoms with Crippen molar-refractivity contribution in [3.63, 3.8) is 0 Å². The molecule has 1 aromatic rings. The first-order chi connectivity index (χ1) is 6.92. The number of rotatable bonds is 2. The summed E-state index contributed by atoms with van der Waals surface area (Å²) < 4.78 is 9.83. The van der Waals surface area contributed by atoms with E-state index in [4.69, 9.17) is 4.74 Å². The fourth-order valence-electron chi connectivity index (χ4n) is 2.35. The monoisotopic (exact) mass is 211 g/mol. The van der Waals surface area contributed by atoms with Crippen molar-refractivity contribution in [2.45, 2.75) is 43.9 Å². The van der Waals surface area contributed by atoms with Gasteiger partial charge in [0, 0.05) is 11.5 Å². The molecule has 3 unspecified atom stereocenters. The van der Waals surface area contributed by atoms with Crippen molar-refractivity contribution >= 4 is 16.7 Å². The number of anilines is 1. The first kappa shape index (κ1) is 8.61. The second-order valence-corrected chi connectivity index (χ2v) is 4.73. The van der Waals surface area contributed by atoms with Gasteiger partial charge in [-0.1, -0.05) is 0 Å². The molecule has 5 heteroatoms. The highest BCUT2D eigenvalue weighted by atomic mass is 32.1. The molecular formula is C9H13N3OS. The lowest BCUT2D eigenvalue weighted by Crippen LogP contribution is -2.37. The molecule has 0 aromatic carbocycles. The fraction of sp³-hybridized carbons (Fsp3) is 0.778. The molecule has 0 saturated carbocycles. The third kappa shape index (κ3) is 1.50. The van der Waals surface area contributed by atoms with Crippen molar-refractivity contribution in [2.75, 3.05) is 5.32 Å². The van der Waals surface area contributed by atoms with Gasteiger partial charge in [0.1, 0.15) is 6.33 Å². The van der Waals surface area contributed by atoms with Crippen LogP contribution in [0.25, 0.3) is 0 Å². The summed E-state index contributed by atoms with van der Waals surface area (Å²) in [5.41, 5.74) is 0. The van der Waals surface area contributed by atoms with Crippen LogP contribution in [-0.4, -0.2) is 27.6 Å². The van der Waals surface area contributed by atoms with Gasteiger partial charge in [0.05, 0.1) is 18.2 Å². The van der Waals surface area contributed by atoms with Crippen LogP contribution in [0.1, 0.15) is 25.7 Å². The zero-order valence-corrected chi connectivity index (χ0v) is 8.67. The van der Waals surface area contributed by atoms with Gasteiger partial charge in [0.2, 0.25) is 5.13 Å². The van der Waals surface area contributed by atoms with Crippen LogP contribution >= 0.6 is 11.5 Å². The van der Waals surface area contributed by atoms with Gasteiger partial charge >= 0.3 is 0 Å². The van der Waals surface area contributed by atoms with E-state index >= 15 is 0 Å². The van der Waals surface area contributed by atoms with Crippen molar-refractivity contribution < 1.29 is 4.74 Å². The SMILES string of the molecule is c1nsc(NC2CCC3CCC2O3)n1. The van der Waals surface area contributed by atoms with Gasteiger partial charge in [0.15, 0.2) is 0 Å². The summed E-state index contributed by atoms with van der Waals surface area (Å²) in [6.45, 7) is 0. The molecule has 1 N–H and O–H groups in total. The molecule has 2 aliphatic rings. The zero-order valence-electron chi connectivity index (χ0n) is 7.85. The van der Waals surface area contributed by atoms with Crippen molar-refractivity contribution in [2.24, 2.45) is 0 Å². The van der Waals surface area contributed by atoms with Crippen LogP contribution in [0.2, 0.25) is 0 Å². The van der Waals surface area contributed by atoms with Crippen LogP contribution in [0.4, 0.5) is 5.13 Å². The van der Waals surface area contributed by atoms with Crippen LogP contribution in [0.3, 0.4) is 0 Å². The highest BCUT2D eigenvalue weighted by Crippen LogP contribution is 2.33. The maximum Gasteiger partial charge on any atom is 0.202 e. The van der Waals surface area contributed by atoms with E-state index in [0.29, 0.717) is 18.2 Å². The van der Waals surface area contributed by atoms with E-state index in [0.717, 1.165) is 5.13 Å². The number of nitrogens with zero attached hydrogens (tertiary/aromatic N) is 2. The first-order valence-electron chi connectivity index (χ1n) is 5.10. The Balaban J connectivity index is 1.67. The van der Waals surface area contributed by atoms with E-state index < -0.39 is 0 Å². The Morgan fingerprint density at radius 1 is 1.36 bits per heavy atom. The minimum absolute atomic E-state index is 0.401. The molecule has 0 spiro atoms.